The first kappa shape index (κ1) is 21.0. The Balaban J connectivity index is 1.25. The summed E-state index contributed by atoms with van der Waals surface area (Å²) in [5, 5.41) is 0. The number of piperazine rings is 1. The minimum atomic E-state index is -4.69. The van der Waals surface area contributed by atoms with Gasteiger partial charge in [-0.2, -0.15) is 0 Å². The quantitative estimate of drug-likeness (QED) is 0.673. The van der Waals surface area contributed by atoms with Gasteiger partial charge < -0.3 is 19.1 Å². The van der Waals surface area contributed by atoms with E-state index in [-0.39, 0.29) is 18.4 Å². The molecule has 9 heteroatoms. The summed E-state index contributed by atoms with van der Waals surface area (Å²) >= 11 is 0. The van der Waals surface area contributed by atoms with Crippen LogP contribution in [-0.2, 0) is 11.3 Å². The highest BCUT2D eigenvalue weighted by molar-refractivity contribution is 5.92. The Labute approximate surface area is 177 Å². The number of amides is 1. The zero-order valence-corrected chi connectivity index (χ0v) is 16.6. The van der Waals surface area contributed by atoms with Crippen LogP contribution in [0.25, 0.3) is 6.08 Å². The van der Waals surface area contributed by atoms with Crippen LogP contribution < -0.4 is 14.2 Å². The molecule has 0 radical (unpaired) electrons. The zero-order chi connectivity index (χ0) is 21.8. The molecule has 0 saturated carbocycles. The van der Waals surface area contributed by atoms with Crippen LogP contribution in [0.15, 0.2) is 48.5 Å². The molecular weight excluding hydrogens is 413 g/mol. The van der Waals surface area contributed by atoms with Crippen LogP contribution in [0.2, 0.25) is 0 Å². The van der Waals surface area contributed by atoms with E-state index in [1.165, 1.54) is 12.1 Å². The van der Waals surface area contributed by atoms with E-state index in [0.717, 1.165) is 11.1 Å². The van der Waals surface area contributed by atoms with Crippen molar-refractivity contribution < 1.29 is 32.2 Å². The maximum Gasteiger partial charge on any atom is 0.573 e. The van der Waals surface area contributed by atoms with Gasteiger partial charge >= 0.3 is 6.36 Å². The smallest absolute Gasteiger partial charge is 0.454 e. The number of carbonyl (C=O) groups excluding carboxylic acids is 1. The Morgan fingerprint density at radius 2 is 1.71 bits per heavy atom. The molecule has 2 aliphatic heterocycles. The predicted molar refractivity (Wildman–Crippen MR) is 107 cm³/mol. The lowest BCUT2D eigenvalue weighted by Gasteiger charge is -2.34. The molecule has 6 nitrogen and oxygen atoms in total. The molecule has 2 aromatic carbocycles. The lowest BCUT2D eigenvalue weighted by molar-refractivity contribution is -0.274. The molecule has 2 aliphatic rings. The van der Waals surface area contributed by atoms with Crippen LogP contribution in [0.5, 0.6) is 17.2 Å². The van der Waals surface area contributed by atoms with E-state index in [1.807, 2.05) is 18.2 Å². The van der Waals surface area contributed by atoms with Gasteiger partial charge in [0.05, 0.1) is 0 Å². The van der Waals surface area contributed by atoms with Gasteiger partial charge in [-0.1, -0.05) is 18.2 Å². The van der Waals surface area contributed by atoms with Gasteiger partial charge in [0.25, 0.3) is 0 Å². The van der Waals surface area contributed by atoms with Crippen molar-refractivity contribution in [1.82, 2.24) is 9.80 Å². The van der Waals surface area contributed by atoms with E-state index in [4.69, 9.17) is 9.47 Å². The molecule has 1 saturated heterocycles. The van der Waals surface area contributed by atoms with Crippen molar-refractivity contribution in [2.24, 2.45) is 0 Å². The molecule has 0 unspecified atom stereocenters. The molecule has 0 atom stereocenters. The van der Waals surface area contributed by atoms with Gasteiger partial charge in [-0.05, 0) is 41.5 Å². The first-order chi connectivity index (χ1) is 14.9. The van der Waals surface area contributed by atoms with Gasteiger partial charge in [-0.3, -0.25) is 9.69 Å². The molecule has 31 heavy (non-hydrogen) atoms. The first-order valence-electron chi connectivity index (χ1n) is 9.79. The van der Waals surface area contributed by atoms with Crippen molar-refractivity contribution >= 4 is 12.0 Å². The molecule has 1 amide bonds. The third kappa shape index (κ3) is 5.69. The molecule has 1 fully saturated rings. The van der Waals surface area contributed by atoms with Crippen LogP contribution in [0.3, 0.4) is 0 Å². The normalized spacial score (nSPS) is 16.7. The number of hydrogen-bond donors (Lipinski definition) is 0. The first-order valence-corrected chi connectivity index (χ1v) is 9.79. The van der Waals surface area contributed by atoms with E-state index in [2.05, 4.69) is 9.64 Å². The van der Waals surface area contributed by atoms with Crippen LogP contribution in [-0.4, -0.2) is 55.0 Å². The van der Waals surface area contributed by atoms with Crippen molar-refractivity contribution in [2.75, 3.05) is 33.0 Å². The van der Waals surface area contributed by atoms with Gasteiger partial charge in [-0.25, -0.2) is 0 Å². The van der Waals surface area contributed by atoms with Gasteiger partial charge in [0.15, 0.2) is 11.5 Å². The van der Waals surface area contributed by atoms with Crippen LogP contribution >= 0.6 is 0 Å². The SMILES string of the molecule is O=C(C=Cc1ccc2c(c1)OCO2)N1CCN(Cc2ccc(OC(F)(F)F)cc2)CC1. The average Bonchev–Trinajstić information content (AvgIpc) is 3.21. The average molecular weight is 434 g/mol. The third-order valence-electron chi connectivity index (χ3n) is 5.06. The van der Waals surface area contributed by atoms with E-state index >= 15 is 0 Å². The molecule has 0 aliphatic carbocycles. The number of carbonyl (C=O) groups is 1. The standard InChI is InChI=1S/C22H21F3N2O4/c23-22(24,25)31-18-5-1-17(2-6-18)14-26-9-11-27(12-10-26)21(28)8-4-16-3-7-19-20(13-16)30-15-29-19/h1-8,13H,9-12,14-15H2. The Kier molecular flexibility index (Phi) is 6.03. The summed E-state index contributed by atoms with van der Waals surface area (Å²) in [6, 6.07) is 11.4. The second kappa shape index (κ2) is 8.89. The Morgan fingerprint density at radius 3 is 2.42 bits per heavy atom. The molecule has 2 aromatic rings. The summed E-state index contributed by atoms with van der Waals surface area (Å²) in [6.07, 6.45) is -1.39. The number of ether oxygens (including phenoxy) is 3. The molecule has 0 N–H and O–H groups in total. The summed E-state index contributed by atoms with van der Waals surface area (Å²) in [4.78, 5) is 16.4. The zero-order valence-electron chi connectivity index (χ0n) is 16.6. The maximum absolute atomic E-state index is 12.5. The van der Waals surface area contributed by atoms with Crippen LogP contribution in [0, 0.1) is 0 Å². The summed E-state index contributed by atoms with van der Waals surface area (Å²) in [6.45, 7) is 3.34. The predicted octanol–water partition coefficient (Wildman–Crippen LogP) is 3.67. The molecule has 164 valence electrons. The van der Waals surface area contributed by atoms with Gasteiger partial charge in [0.2, 0.25) is 12.7 Å². The molecule has 0 aromatic heterocycles. The van der Waals surface area contributed by atoms with E-state index in [0.29, 0.717) is 44.2 Å². The molecular formula is C22H21F3N2O4. The molecule has 0 spiro atoms. The fourth-order valence-electron chi connectivity index (χ4n) is 3.47. The number of hydrogen-bond acceptors (Lipinski definition) is 5. The molecule has 4 rings (SSSR count). The topological polar surface area (TPSA) is 51.2 Å². The van der Waals surface area contributed by atoms with E-state index in [9.17, 15) is 18.0 Å². The minimum Gasteiger partial charge on any atom is -0.454 e. The van der Waals surface area contributed by atoms with E-state index < -0.39 is 6.36 Å². The Morgan fingerprint density at radius 1 is 1.00 bits per heavy atom. The second-order valence-electron chi connectivity index (χ2n) is 7.24. The van der Waals surface area contributed by atoms with Gasteiger partial charge in [0, 0.05) is 38.8 Å². The highest BCUT2D eigenvalue weighted by Crippen LogP contribution is 2.32. The molecule has 0 bridgehead atoms. The minimum absolute atomic E-state index is 0.0639. The van der Waals surface area contributed by atoms with Crippen LogP contribution in [0.1, 0.15) is 11.1 Å². The Hall–Kier alpha value is -3.20. The van der Waals surface area contributed by atoms with Gasteiger partial charge in [-0.15, -0.1) is 13.2 Å². The number of benzene rings is 2. The van der Waals surface area contributed by atoms with Crippen molar-refractivity contribution in [3.63, 3.8) is 0 Å². The fourth-order valence-corrected chi connectivity index (χ4v) is 3.47. The van der Waals surface area contributed by atoms with Crippen molar-refractivity contribution in [3.8, 4) is 17.2 Å². The summed E-state index contributed by atoms with van der Waals surface area (Å²) in [5.41, 5.74) is 1.74. The number of rotatable bonds is 5. The Bertz CT molecular complexity index is 952. The number of alkyl halides is 3. The summed E-state index contributed by atoms with van der Waals surface area (Å²) < 4.78 is 51.2. The summed E-state index contributed by atoms with van der Waals surface area (Å²) in [7, 11) is 0. The monoisotopic (exact) mass is 434 g/mol. The third-order valence-corrected chi connectivity index (χ3v) is 5.06. The fraction of sp³-hybridized carbons (Fsp3) is 0.318. The lowest BCUT2D eigenvalue weighted by atomic mass is 10.1. The van der Waals surface area contributed by atoms with Crippen molar-refractivity contribution in [1.29, 1.82) is 0 Å². The lowest BCUT2D eigenvalue weighted by Crippen LogP contribution is -2.47. The number of fused-ring (bicyclic) bond motifs is 1. The maximum atomic E-state index is 12.5. The van der Waals surface area contributed by atoms with Gasteiger partial charge in [0.1, 0.15) is 5.75 Å². The van der Waals surface area contributed by atoms with Crippen molar-refractivity contribution in [3.05, 3.63) is 59.7 Å². The summed E-state index contributed by atoms with van der Waals surface area (Å²) in [5.74, 6) is 1.07. The second-order valence-corrected chi connectivity index (χ2v) is 7.24. The van der Waals surface area contributed by atoms with Crippen LogP contribution in [0.4, 0.5) is 13.2 Å². The number of halogens is 3. The van der Waals surface area contributed by atoms with Crippen molar-refractivity contribution in [2.45, 2.75) is 12.9 Å². The highest BCUT2D eigenvalue weighted by atomic mass is 19.4. The van der Waals surface area contributed by atoms with E-state index in [1.54, 1.807) is 29.2 Å². The molecule has 2 heterocycles. The number of nitrogens with zero attached hydrogens (tertiary/aromatic N) is 2. The largest absolute Gasteiger partial charge is 0.573 e. The highest BCUT2D eigenvalue weighted by Gasteiger charge is 2.31.